The minimum Gasteiger partial charge on any atom is -0.288 e. The molecule has 1 fully saturated rings. The van der Waals surface area contributed by atoms with Gasteiger partial charge in [-0.25, -0.2) is 31.5 Å². The van der Waals surface area contributed by atoms with Crippen LogP contribution in [0.15, 0.2) is 24.3 Å². The van der Waals surface area contributed by atoms with E-state index in [0.717, 1.165) is 0 Å². The lowest BCUT2D eigenvalue weighted by Gasteiger charge is -2.19. The van der Waals surface area contributed by atoms with Crippen molar-refractivity contribution in [1.82, 2.24) is 5.48 Å². The van der Waals surface area contributed by atoms with Gasteiger partial charge in [0.25, 0.3) is 5.91 Å². The van der Waals surface area contributed by atoms with Crippen molar-refractivity contribution >= 4 is 21.6 Å². The average molecular weight is 446 g/mol. The minimum atomic E-state index is -4.34. The molecule has 1 amide bonds. The number of nitrogens with one attached hydrogen (secondary N) is 2. The number of benzene rings is 2. The first-order valence-corrected chi connectivity index (χ1v) is 10.7. The fourth-order valence-corrected chi connectivity index (χ4v) is 4.79. The summed E-state index contributed by atoms with van der Waals surface area (Å²) in [6.07, 6.45) is 2.13. The Morgan fingerprint density at radius 1 is 0.967 bits per heavy atom. The molecule has 6 nitrogen and oxygen atoms in total. The first-order chi connectivity index (χ1) is 14.1. The van der Waals surface area contributed by atoms with Gasteiger partial charge in [0.05, 0.1) is 11.4 Å². The molecule has 0 unspecified atom stereocenters. The quantitative estimate of drug-likeness (QED) is 0.206. The summed E-state index contributed by atoms with van der Waals surface area (Å²) in [5, 5.41) is 8.59. The number of hydrogen-bond donors (Lipinski definition) is 3. The lowest BCUT2D eigenvalue weighted by atomic mass is 9.94. The van der Waals surface area contributed by atoms with Gasteiger partial charge in [0.2, 0.25) is 10.0 Å². The molecular weight excluding hydrogens is 428 g/mol. The van der Waals surface area contributed by atoms with E-state index in [4.69, 9.17) is 5.21 Å². The first-order valence-electron chi connectivity index (χ1n) is 9.04. The van der Waals surface area contributed by atoms with Gasteiger partial charge in [-0.05, 0) is 36.5 Å². The molecule has 3 N–H and O–H groups in total. The molecule has 3 rings (SSSR count). The molecule has 0 heterocycles. The summed E-state index contributed by atoms with van der Waals surface area (Å²) in [5.41, 5.74) is 0.232. The summed E-state index contributed by atoms with van der Waals surface area (Å²) in [6.45, 7) is 0. The van der Waals surface area contributed by atoms with Crippen molar-refractivity contribution in [3.63, 3.8) is 0 Å². The molecule has 1 saturated carbocycles. The van der Waals surface area contributed by atoms with E-state index in [9.17, 15) is 30.8 Å². The Morgan fingerprint density at radius 2 is 1.53 bits per heavy atom. The lowest BCUT2D eigenvalue weighted by molar-refractivity contribution is 0.0706. The van der Waals surface area contributed by atoms with Crippen molar-refractivity contribution in [2.24, 2.45) is 0 Å². The van der Waals surface area contributed by atoms with Gasteiger partial charge in [-0.15, -0.1) is 0 Å². The third kappa shape index (κ3) is 4.41. The molecule has 0 aliphatic heterocycles. The number of rotatable bonds is 6. The second-order valence-corrected chi connectivity index (χ2v) is 8.75. The summed E-state index contributed by atoms with van der Waals surface area (Å²) in [4.78, 5) is 11.3. The Kier molecular flexibility index (Phi) is 6.32. The van der Waals surface area contributed by atoms with Crippen molar-refractivity contribution in [2.45, 2.75) is 37.4 Å². The van der Waals surface area contributed by atoms with Crippen LogP contribution in [0.25, 0.3) is 0 Å². The SMILES string of the molecule is O=C(NO)c1ccc(CS(=O)(=O)Nc2c(F)c(F)c(F)c(F)c2C2CCCC2)cc1. The first kappa shape index (κ1) is 22.0. The molecule has 2 aromatic rings. The molecule has 0 saturated heterocycles. The van der Waals surface area contributed by atoms with Crippen LogP contribution in [0.1, 0.15) is 53.1 Å². The fourth-order valence-electron chi connectivity index (χ4n) is 3.57. The van der Waals surface area contributed by atoms with Crippen LogP contribution in [0.3, 0.4) is 0 Å². The Morgan fingerprint density at radius 3 is 2.10 bits per heavy atom. The highest BCUT2D eigenvalue weighted by Gasteiger charge is 2.33. The molecule has 0 radical (unpaired) electrons. The third-order valence-corrected chi connectivity index (χ3v) is 6.23. The zero-order valence-electron chi connectivity index (χ0n) is 15.5. The molecule has 1 aliphatic rings. The van der Waals surface area contributed by atoms with E-state index in [2.05, 4.69) is 0 Å². The maximum absolute atomic E-state index is 14.4. The minimum absolute atomic E-state index is 0.0591. The van der Waals surface area contributed by atoms with Crippen molar-refractivity contribution in [3.8, 4) is 0 Å². The van der Waals surface area contributed by atoms with Crippen LogP contribution in [0, 0.1) is 23.3 Å². The fraction of sp³-hybridized carbons (Fsp3) is 0.316. The molecule has 30 heavy (non-hydrogen) atoms. The van der Waals surface area contributed by atoms with Crippen LogP contribution in [-0.2, 0) is 15.8 Å². The van der Waals surface area contributed by atoms with Crippen LogP contribution < -0.4 is 10.2 Å². The molecule has 0 atom stereocenters. The predicted octanol–water partition coefficient (Wildman–Crippen LogP) is 3.96. The maximum Gasteiger partial charge on any atom is 0.274 e. The van der Waals surface area contributed by atoms with E-state index in [-0.39, 0.29) is 11.1 Å². The second-order valence-electron chi connectivity index (χ2n) is 7.02. The Bertz CT molecular complexity index is 1070. The normalized spacial score (nSPS) is 14.7. The van der Waals surface area contributed by atoms with E-state index in [1.54, 1.807) is 0 Å². The number of carbonyl (C=O) groups is 1. The van der Waals surface area contributed by atoms with Gasteiger partial charge in [0, 0.05) is 11.1 Å². The summed E-state index contributed by atoms with van der Waals surface area (Å²) < 4.78 is 83.4. The highest BCUT2D eigenvalue weighted by atomic mass is 32.2. The summed E-state index contributed by atoms with van der Waals surface area (Å²) in [7, 11) is -4.34. The number of anilines is 1. The molecule has 1 aliphatic carbocycles. The highest BCUT2D eigenvalue weighted by molar-refractivity contribution is 7.91. The highest BCUT2D eigenvalue weighted by Crippen LogP contribution is 2.42. The molecule has 162 valence electrons. The van der Waals surface area contributed by atoms with Crippen LogP contribution in [0.5, 0.6) is 0 Å². The largest absolute Gasteiger partial charge is 0.288 e. The van der Waals surface area contributed by atoms with Crippen molar-refractivity contribution in [2.75, 3.05) is 4.72 Å². The topological polar surface area (TPSA) is 95.5 Å². The van der Waals surface area contributed by atoms with Crippen LogP contribution in [-0.4, -0.2) is 19.5 Å². The average Bonchev–Trinajstić information content (AvgIpc) is 3.24. The predicted molar refractivity (Wildman–Crippen MR) is 99.4 cm³/mol. The van der Waals surface area contributed by atoms with Crippen molar-refractivity contribution in [3.05, 3.63) is 64.2 Å². The van der Waals surface area contributed by atoms with Gasteiger partial charge in [-0.2, -0.15) is 0 Å². The van der Waals surface area contributed by atoms with E-state index < -0.39 is 62.1 Å². The van der Waals surface area contributed by atoms with E-state index in [1.165, 1.54) is 29.7 Å². The van der Waals surface area contributed by atoms with Gasteiger partial charge in [0.15, 0.2) is 23.3 Å². The van der Waals surface area contributed by atoms with E-state index in [1.807, 2.05) is 4.72 Å². The smallest absolute Gasteiger partial charge is 0.274 e. The zero-order chi connectivity index (χ0) is 22.1. The monoisotopic (exact) mass is 446 g/mol. The molecule has 0 spiro atoms. The number of hydroxylamine groups is 1. The standard InChI is InChI=1S/C19H18F4N2O4S/c20-14-13(11-3-1-2-4-11)18(17(23)16(22)15(14)21)25-30(28,29)9-10-5-7-12(8-6-10)19(26)24-27/h5-8,11,25,27H,1-4,9H2,(H,24,26). The molecular formula is C19H18F4N2O4S. The molecule has 0 bridgehead atoms. The van der Waals surface area contributed by atoms with Crippen LogP contribution in [0.2, 0.25) is 0 Å². The number of sulfonamides is 1. The number of amides is 1. The van der Waals surface area contributed by atoms with Crippen molar-refractivity contribution < 1.29 is 36.0 Å². The molecule has 0 aromatic heterocycles. The van der Waals surface area contributed by atoms with Crippen molar-refractivity contribution in [1.29, 1.82) is 0 Å². The maximum atomic E-state index is 14.4. The second kappa shape index (κ2) is 8.60. The van der Waals surface area contributed by atoms with Crippen LogP contribution in [0.4, 0.5) is 23.2 Å². The van der Waals surface area contributed by atoms with E-state index >= 15 is 0 Å². The Hall–Kier alpha value is -2.66. The number of hydrogen-bond acceptors (Lipinski definition) is 4. The van der Waals surface area contributed by atoms with E-state index in [0.29, 0.717) is 25.7 Å². The van der Waals surface area contributed by atoms with Gasteiger partial charge < -0.3 is 0 Å². The number of carbonyl (C=O) groups excluding carboxylic acids is 1. The van der Waals surface area contributed by atoms with Gasteiger partial charge in [0.1, 0.15) is 0 Å². The Balaban J connectivity index is 1.93. The van der Waals surface area contributed by atoms with Gasteiger partial charge in [-0.1, -0.05) is 25.0 Å². The lowest BCUT2D eigenvalue weighted by Crippen LogP contribution is -2.21. The zero-order valence-corrected chi connectivity index (χ0v) is 16.3. The summed E-state index contributed by atoms with van der Waals surface area (Å²) in [5.74, 6) is -9.60. The number of halogens is 4. The summed E-state index contributed by atoms with van der Waals surface area (Å²) in [6, 6.07) is 5.06. The molecule has 11 heteroatoms. The van der Waals surface area contributed by atoms with Gasteiger partial charge >= 0.3 is 0 Å². The summed E-state index contributed by atoms with van der Waals surface area (Å²) >= 11 is 0. The molecule has 2 aromatic carbocycles. The Labute approximate surface area is 169 Å². The van der Waals surface area contributed by atoms with Gasteiger partial charge in [-0.3, -0.25) is 14.7 Å². The third-order valence-electron chi connectivity index (χ3n) is 5.00. The van der Waals surface area contributed by atoms with Crippen LogP contribution >= 0.6 is 0 Å².